The summed E-state index contributed by atoms with van der Waals surface area (Å²) in [5.74, 6) is 0.967. The average Bonchev–Trinajstić information content (AvgIpc) is 2.88. The molecule has 0 fully saturated rings. The van der Waals surface area contributed by atoms with Crippen molar-refractivity contribution in [2.75, 3.05) is 6.61 Å². The Balaban J connectivity index is 2.26. The zero-order chi connectivity index (χ0) is 15.2. The zero-order valence-corrected chi connectivity index (χ0v) is 12.6. The molecule has 0 aliphatic carbocycles. The molecule has 6 nitrogen and oxygen atoms in total. The summed E-state index contributed by atoms with van der Waals surface area (Å²) in [6, 6.07) is 7.02. The van der Waals surface area contributed by atoms with Crippen molar-refractivity contribution in [3.05, 3.63) is 34.7 Å². The molecule has 0 aliphatic heterocycles. The first-order valence-corrected chi connectivity index (χ1v) is 7.95. The minimum absolute atomic E-state index is 0.322. The molecule has 0 amide bonds. The first-order valence-electron chi connectivity index (χ1n) is 5.88. The SMILES string of the molecule is CCOC(=O)c1cc2cc(C=[P+]([O-])OOC#N)ccc2s1. The van der Waals surface area contributed by atoms with Gasteiger partial charge in [-0.3, -0.25) is 0 Å². The van der Waals surface area contributed by atoms with Gasteiger partial charge in [0.15, 0.2) is 0 Å². The molecule has 0 saturated heterocycles. The molecule has 108 valence electrons. The van der Waals surface area contributed by atoms with E-state index < -0.39 is 8.00 Å². The molecule has 8 heteroatoms. The van der Waals surface area contributed by atoms with Gasteiger partial charge in [0.25, 0.3) is 8.00 Å². The number of carbonyl (C=O) groups excluding carboxylic acids is 1. The number of ether oxygens (including phenoxy) is 1. The van der Waals surface area contributed by atoms with Crippen molar-refractivity contribution in [2.24, 2.45) is 0 Å². The van der Waals surface area contributed by atoms with Crippen LogP contribution in [0.25, 0.3) is 10.1 Å². The summed E-state index contributed by atoms with van der Waals surface area (Å²) in [5, 5.41) is 8.97. The van der Waals surface area contributed by atoms with Crippen LogP contribution in [0.1, 0.15) is 22.2 Å². The smallest absolute Gasteiger partial charge is 0.348 e. The Kier molecular flexibility index (Phi) is 5.26. The van der Waals surface area contributed by atoms with E-state index in [9.17, 15) is 9.69 Å². The van der Waals surface area contributed by atoms with Crippen molar-refractivity contribution in [3.63, 3.8) is 0 Å². The minimum atomic E-state index is -2.24. The van der Waals surface area contributed by atoms with Gasteiger partial charge < -0.3 is 9.63 Å². The van der Waals surface area contributed by atoms with Crippen LogP contribution >= 0.6 is 19.3 Å². The molecule has 1 aromatic heterocycles. The number of nitrogens with zero attached hydrogens (tertiary/aromatic N) is 1. The Labute approximate surface area is 125 Å². The number of benzene rings is 1. The highest BCUT2D eigenvalue weighted by molar-refractivity contribution is 7.45. The van der Waals surface area contributed by atoms with E-state index in [1.807, 2.05) is 6.07 Å². The summed E-state index contributed by atoms with van der Waals surface area (Å²) < 4.78 is 10.2. The molecule has 0 N–H and O–H groups in total. The first-order chi connectivity index (χ1) is 10.1. The van der Waals surface area contributed by atoms with Gasteiger partial charge in [-0.05, 0) is 36.6 Å². The second-order valence-electron chi connectivity index (χ2n) is 3.79. The van der Waals surface area contributed by atoms with E-state index >= 15 is 0 Å². The molecule has 1 heterocycles. The van der Waals surface area contributed by atoms with Gasteiger partial charge >= 0.3 is 12.2 Å². The number of hydrogen-bond donors (Lipinski definition) is 0. The third kappa shape index (κ3) is 4.00. The van der Waals surface area contributed by atoms with Crippen LogP contribution in [0.3, 0.4) is 0 Å². The van der Waals surface area contributed by atoms with Crippen molar-refractivity contribution in [2.45, 2.75) is 6.92 Å². The summed E-state index contributed by atoms with van der Waals surface area (Å²) in [6.45, 7) is 2.07. The van der Waals surface area contributed by atoms with E-state index in [1.165, 1.54) is 23.4 Å². The van der Waals surface area contributed by atoms with Gasteiger partial charge in [-0.25, -0.2) is 9.68 Å². The fourth-order valence-electron chi connectivity index (χ4n) is 1.64. The number of esters is 1. The Morgan fingerprint density at radius 2 is 2.33 bits per heavy atom. The minimum Gasteiger partial charge on any atom is -0.600 e. The third-order valence-corrected chi connectivity index (χ3v) is 4.25. The molecule has 2 aromatic rings. The zero-order valence-electron chi connectivity index (χ0n) is 10.9. The molecular formula is C13H10NO5PS. The molecule has 0 aliphatic rings. The Morgan fingerprint density at radius 3 is 3.05 bits per heavy atom. The molecule has 0 saturated carbocycles. The van der Waals surface area contributed by atoms with E-state index in [0.29, 0.717) is 17.0 Å². The average molecular weight is 323 g/mol. The predicted molar refractivity (Wildman–Crippen MR) is 77.7 cm³/mol. The second-order valence-corrected chi connectivity index (χ2v) is 5.85. The van der Waals surface area contributed by atoms with E-state index in [4.69, 9.17) is 10.00 Å². The monoisotopic (exact) mass is 323 g/mol. The maximum absolute atomic E-state index is 11.7. The first kappa shape index (κ1) is 15.4. The number of thiophene rings is 1. The molecule has 1 unspecified atom stereocenters. The molecule has 21 heavy (non-hydrogen) atoms. The summed E-state index contributed by atoms with van der Waals surface area (Å²) in [7, 11) is -2.24. The van der Waals surface area contributed by atoms with Crippen LogP contribution in [0, 0.1) is 11.5 Å². The summed E-state index contributed by atoms with van der Waals surface area (Å²) in [4.78, 5) is 27.6. The van der Waals surface area contributed by atoms with Crippen LogP contribution in [0.4, 0.5) is 0 Å². The lowest BCUT2D eigenvalue weighted by Crippen LogP contribution is -2.01. The molecule has 0 bridgehead atoms. The fraction of sp³-hybridized carbons (Fsp3) is 0.154. The molecule has 1 aromatic carbocycles. The predicted octanol–water partition coefficient (Wildman–Crippen LogP) is 2.33. The Bertz CT molecular complexity index is 734. The number of fused-ring (bicyclic) bond motifs is 1. The summed E-state index contributed by atoms with van der Waals surface area (Å²) in [5.41, 5.74) is 0.637. The van der Waals surface area contributed by atoms with Gasteiger partial charge in [-0.1, -0.05) is 0 Å². The normalized spacial score (nSPS) is 11.2. The number of nitriles is 1. The van der Waals surface area contributed by atoms with Crippen LogP contribution in [0.15, 0.2) is 24.3 Å². The topological polar surface area (TPSA) is 91.6 Å². The summed E-state index contributed by atoms with van der Waals surface area (Å²) >= 11 is 1.33. The number of rotatable bonds is 5. The standard InChI is InChI=1S/C13H10NO5PS/c1-2-17-13(15)12-6-10-5-9(3-4-11(10)21-12)7-20(16)19-18-8-14/h3-7H,2H2,1H3. The van der Waals surface area contributed by atoms with E-state index in [-0.39, 0.29) is 5.97 Å². The highest BCUT2D eigenvalue weighted by Gasteiger charge is 2.11. The molecule has 1 atom stereocenters. The second kappa shape index (κ2) is 7.16. The highest BCUT2D eigenvalue weighted by atomic mass is 32.1. The van der Waals surface area contributed by atoms with Crippen LogP contribution in [0.5, 0.6) is 0 Å². The van der Waals surface area contributed by atoms with Crippen LogP contribution < -0.4 is 4.89 Å². The van der Waals surface area contributed by atoms with E-state index in [1.54, 1.807) is 25.1 Å². The molecule has 0 radical (unpaired) electrons. The van der Waals surface area contributed by atoms with Gasteiger partial charge in [-0.15, -0.1) is 16.6 Å². The molecule has 0 spiro atoms. The third-order valence-electron chi connectivity index (χ3n) is 2.42. The van der Waals surface area contributed by atoms with Crippen molar-refractivity contribution in [1.82, 2.24) is 0 Å². The molecule has 2 rings (SSSR count). The Morgan fingerprint density at radius 1 is 1.52 bits per heavy atom. The van der Waals surface area contributed by atoms with Crippen LogP contribution in [0.2, 0.25) is 0 Å². The van der Waals surface area contributed by atoms with Gasteiger partial charge in [0.05, 0.1) is 6.61 Å². The highest BCUT2D eigenvalue weighted by Crippen LogP contribution is 2.27. The van der Waals surface area contributed by atoms with Crippen LogP contribution in [-0.4, -0.2) is 18.4 Å². The van der Waals surface area contributed by atoms with Crippen molar-refractivity contribution < 1.29 is 24.0 Å². The fourth-order valence-corrected chi connectivity index (χ4v) is 3.13. The van der Waals surface area contributed by atoms with Crippen molar-refractivity contribution in [1.29, 1.82) is 5.26 Å². The van der Waals surface area contributed by atoms with Gasteiger partial charge in [0.2, 0.25) is 0 Å². The van der Waals surface area contributed by atoms with Gasteiger partial charge in [0.1, 0.15) is 10.7 Å². The molecular weight excluding hydrogens is 313 g/mol. The van der Waals surface area contributed by atoms with Gasteiger partial charge in [-0.2, -0.15) is 0 Å². The van der Waals surface area contributed by atoms with Crippen molar-refractivity contribution in [3.8, 4) is 6.26 Å². The maximum atomic E-state index is 11.7. The summed E-state index contributed by atoms with van der Waals surface area (Å²) in [6.07, 6.45) is 1.27. The quantitative estimate of drug-likeness (QED) is 0.276. The lowest BCUT2D eigenvalue weighted by atomic mass is 10.2. The van der Waals surface area contributed by atoms with Crippen molar-refractivity contribution >= 4 is 41.2 Å². The Hall–Kier alpha value is -1.97. The van der Waals surface area contributed by atoms with E-state index in [2.05, 4.69) is 9.56 Å². The number of carbonyl (C=O) groups is 1. The van der Waals surface area contributed by atoms with E-state index in [0.717, 1.165) is 10.1 Å². The lowest BCUT2D eigenvalue weighted by molar-refractivity contribution is -0.229. The lowest BCUT2D eigenvalue weighted by Gasteiger charge is -1.95. The number of hydrogen-bond acceptors (Lipinski definition) is 7. The van der Waals surface area contributed by atoms with Crippen LogP contribution in [-0.2, 0) is 14.3 Å². The van der Waals surface area contributed by atoms with Gasteiger partial charge in [0, 0.05) is 14.9 Å². The largest absolute Gasteiger partial charge is 0.600 e. The maximum Gasteiger partial charge on any atom is 0.348 e.